The molecule has 0 aliphatic carbocycles. The molecule has 4 atom stereocenters. The van der Waals surface area contributed by atoms with E-state index in [0.29, 0.717) is 52.1 Å². The number of benzene rings is 2. The summed E-state index contributed by atoms with van der Waals surface area (Å²) in [6.07, 6.45) is 10.9. The van der Waals surface area contributed by atoms with E-state index >= 15 is 4.39 Å². The lowest BCUT2D eigenvalue weighted by molar-refractivity contribution is 0.107. The van der Waals surface area contributed by atoms with Crippen molar-refractivity contribution in [2.24, 2.45) is 5.92 Å². The quantitative estimate of drug-likeness (QED) is 0.244. The largest absolute Gasteiger partial charge is 0.474 e. The standard InChI is InChI=1S/C37H40F2N6O2/c1-5-26-28(38)13-10-23-8-6-9-27(29(23)26)32-31(39)33-30(35(41-32)47-21(2)3)34(44-18-24-11-12-25(19-44)40-24)43-36(42-33)46-20-37-14-7-15-45(37)17-22(4)16-37/h1,6,8-10,13,21-22,24-25,40H,7,11-12,14-20H2,2-4H3/t22?,24-,25+,37?. The molecule has 2 aromatic carbocycles. The van der Waals surface area contributed by atoms with E-state index in [1.807, 2.05) is 19.9 Å². The van der Waals surface area contributed by atoms with E-state index in [1.165, 1.54) is 6.07 Å². The minimum absolute atomic E-state index is 0.0120. The van der Waals surface area contributed by atoms with Gasteiger partial charge in [-0.1, -0.05) is 37.1 Å². The number of hydrogen-bond donors (Lipinski definition) is 1. The van der Waals surface area contributed by atoms with E-state index in [4.69, 9.17) is 30.8 Å². The van der Waals surface area contributed by atoms with Gasteiger partial charge >= 0.3 is 6.01 Å². The number of fused-ring (bicyclic) bond motifs is 5. The molecule has 10 heteroatoms. The lowest BCUT2D eigenvalue weighted by atomic mass is 9.92. The molecule has 2 aromatic heterocycles. The van der Waals surface area contributed by atoms with Gasteiger partial charge in [0.1, 0.15) is 34.8 Å². The van der Waals surface area contributed by atoms with Gasteiger partial charge in [0.15, 0.2) is 5.82 Å². The van der Waals surface area contributed by atoms with Crippen LogP contribution in [0.25, 0.3) is 32.9 Å². The van der Waals surface area contributed by atoms with Gasteiger partial charge in [0, 0.05) is 42.7 Å². The monoisotopic (exact) mass is 638 g/mol. The Morgan fingerprint density at radius 3 is 2.64 bits per heavy atom. The molecule has 2 unspecified atom stereocenters. The number of piperazine rings is 1. The molecule has 2 bridgehead atoms. The number of halogens is 2. The maximum atomic E-state index is 17.2. The van der Waals surface area contributed by atoms with Gasteiger partial charge in [-0.05, 0) is 69.9 Å². The molecule has 0 saturated carbocycles. The zero-order valence-electron chi connectivity index (χ0n) is 27.2. The SMILES string of the molecule is C#Cc1c(F)ccc2cccc(-c3nc(OC(C)C)c4c(N5C[C@H]6CC[C@@H](C5)N6)nc(OCC56CCCN5CC(C)C6)nc4c3F)c12. The Bertz CT molecular complexity index is 1920. The first-order chi connectivity index (χ1) is 22.7. The minimum atomic E-state index is -0.655. The number of nitrogens with zero attached hydrogens (tertiary/aromatic N) is 5. The molecular weight excluding hydrogens is 598 g/mol. The van der Waals surface area contributed by atoms with Crippen molar-refractivity contribution in [1.29, 1.82) is 0 Å². The normalized spacial score (nSPS) is 25.6. The third-order valence-electron chi connectivity index (χ3n) is 10.4. The second-order valence-electron chi connectivity index (χ2n) is 14.2. The van der Waals surface area contributed by atoms with E-state index in [0.717, 1.165) is 58.3 Å². The maximum Gasteiger partial charge on any atom is 0.319 e. The average molecular weight is 639 g/mol. The summed E-state index contributed by atoms with van der Waals surface area (Å²) in [5.41, 5.74) is 0.417. The highest BCUT2D eigenvalue weighted by Gasteiger charge is 2.48. The lowest BCUT2D eigenvalue weighted by Gasteiger charge is -2.35. The Morgan fingerprint density at radius 2 is 1.87 bits per heavy atom. The van der Waals surface area contributed by atoms with Gasteiger partial charge < -0.3 is 19.7 Å². The molecule has 0 amide bonds. The summed E-state index contributed by atoms with van der Waals surface area (Å²) in [4.78, 5) is 19.3. The average Bonchev–Trinajstić information content (AvgIpc) is 3.70. The fraction of sp³-hybridized carbons (Fsp3) is 0.486. The van der Waals surface area contributed by atoms with Crippen LogP contribution in [0.3, 0.4) is 0 Å². The fourth-order valence-electron chi connectivity index (χ4n) is 8.57. The molecule has 244 valence electrons. The Balaban J connectivity index is 1.33. The van der Waals surface area contributed by atoms with Crippen molar-refractivity contribution >= 4 is 27.5 Å². The number of aromatic nitrogens is 3. The summed E-state index contributed by atoms with van der Waals surface area (Å²) in [6.45, 7) is 10.1. The molecule has 8 nitrogen and oxygen atoms in total. The molecule has 8 rings (SSSR count). The minimum Gasteiger partial charge on any atom is -0.474 e. The van der Waals surface area contributed by atoms with Crippen LogP contribution in [0.15, 0.2) is 30.3 Å². The summed E-state index contributed by atoms with van der Waals surface area (Å²) in [5.74, 6) is 2.63. The predicted molar refractivity (Wildman–Crippen MR) is 179 cm³/mol. The van der Waals surface area contributed by atoms with E-state index in [1.54, 1.807) is 18.2 Å². The van der Waals surface area contributed by atoms with Gasteiger partial charge in [-0.2, -0.15) is 9.97 Å². The predicted octanol–water partition coefficient (Wildman–Crippen LogP) is 6.09. The van der Waals surface area contributed by atoms with Crippen molar-refractivity contribution in [3.63, 3.8) is 0 Å². The van der Waals surface area contributed by atoms with Crippen LogP contribution in [0.4, 0.5) is 14.6 Å². The summed E-state index contributed by atoms with van der Waals surface area (Å²) in [7, 11) is 0. The molecule has 47 heavy (non-hydrogen) atoms. The molecule has 1 N–H and O–H groups in total. The first-order valence-corrected chi connectivity index (χ1v) is 16.9. The smallest absolute Gasteiger partial charge is 0.319 e. The van der Waals surface area contributed by atoms with Gasteiger partial charge in [0.05, 0.1) is 17.2 Å². The van der Waals surface area contributed by atoms with Crippen LogP contribution in [0.1, 0.15) is 58.4 Å². The molecule has 4 aromatic rings. The van der Waals surface area contributed by atoms with Crippen LogP contribution < -0.4 is 19.7 Å². The number of rotatable bonds is 7. The molecule has 0 radical (unpaired) electrons. The number of hydrogen-bond acceptors (Lipinski definition) is 8. The van der Waals surface area contributed by atoms with Crippen molar-refractivity contribution in [2.75, 3.05) is 37.7 Å². The Labute approximate surface area is 273 Å². The van der Waals surface area contributed by atoms with Crippen LogP contribution in [0.5, 0.6) is 11.9 Å². The van der Waals surface area contributed by atoms with Crippen LogP contribution in [-0.2, 0) is 0 Å². The van der Waals surface area contributed by atoms with E-state index in [9.17, 15) is 4.39 Å². The Kier molecular flexibility index (Phi) is 7.45. The van der Waals surface area contributed by atoms with Gasteiger partial charge in [0.25, 0.3) is 0 Å². The number of anilines is 1. The fourth-order valence-corrected chi connectivity index (χ4v) is 8.57. The highest BCUT2D eigenvalue weighted by molar-refractivity contribution is 6.03. The number of pyridine rings is 1. The van der Waals surface area contributed by atoms with Gasteiger partial charge in [-0.3, -0.25) is 4.90 Å². The summed E-state index contributed by atoms with van der Waals surface area (Å²) < 4.78 is 45.0. The molecule has 4 saturated heterocycles. The highest BCUT2D eigenvalue weighted by Crippen LogP contribution is 2.44. The van der Waals surface area contributed by atoms with Crippen molar-refractivity contribution in [3.05, 3.63) is 47.5 Å². The van der Waals surface area contributed by atoms with Gasteiger partial charge in [-0.15, -0.1) is 6.42 Å². The van der Waals surface area contributed by atoms with E-state index in [-0.39, 0.29) is 40.3 Å². The van der Waals surface area contributed by atoms with E-state index in [2.05, 4.69) is 28.0 Å². The molecule has 4 aliphatic rings. The van der Waals surface area contributed by atoms with E-state index < -0.39 is 11.6 Å². The zero-order chi connectivity index (χ0) is 32.4. The second kappa shape index (κ2) is 11.6. The zero-order valence-corrected chi connectivity index (χ0v) is 27.2. The molecule has 6 heterocycles. The highest BCUT2D eigenvalue weighted by atomic mass is 19.1. The van der Waals surface area contributed by atoms with Crippen LogP contribution in [0, 0.1) is 29.9 Å². The van der Waals surface area contributed by atoms with Crippen molar-refractivity contribution in [2.45, 2.75) is 76.6 Å². The summed E-state index contributed by atoms with van der Waals surface area (Å²) in [5, 5.41) is 5.18. The number of nitrogens with one attached hydrogen (secondary N) is 1. The maximum absolute atomic E-state index is 17.2. The lowest BCUT2D eigenvalue weighted by Crippen LogP contribution is -2.51. The summed E-state index contributed by atoms with van der Waals surface area (Å²) >= 11 is 0. The third-order valence-corrected chi connectivity index (χ3v) is 10.4. The van der Waals surface area contributed by atoms with Crippen LogP contribution >= 0.6 is 0 Å². The third kappa shape index (κ3) is 5.15. The first kappa shape index (κ1) is 30.3. The molecular formula is C37H40F2N6O2. The first-order valence-electron chi connectivity index (χ1n) is 16.9. The van der Waals surface area contributed by atoms with Crippen molar-refractivity contribution < 1.29 is 18.3 Å². The summed E-state index contributed by atoms with van der Waals surface area (Å²) in [6, 6.07) is 9.06. The number of ether oxygens (including phenoxy) is 2. The van der Waals surface area contributed by atoms with Gasteiger partial charge in [0.2, 0.25) is 5.88 Å². The Morgan fingerprint density at radius 1 is 1.06 bits per heavy atom. The number of terminal acetylenes is 1. The topological polar surface area (TPSA) is 75.6 Å². The van der Waals surface area contributed by atoms with Crippen molar-refractivity contribution in [1.82, 2.24) is 25.2 Å². The molecule has 4 fully saturated rings. The second-order valence-corrected chi connectivity index (χ2v) is 14.2. The molecule has 4 aliphatic heterocycles. The van der Waals surface area contributed by atoms with Crippen molar-refractivity contribution in [3.8, 4) is 35.5 Å². The van der Waals surface area contributed by atoms with Crippen LogP contribution in [0.2, 0.25) is 0 Å². The molecule has 0 spiro atoms. The van der Waals surface area contributed by atoms with Gasteiger partial charge in [-0.25, -0.2) is 13.8 Å². The Hall–Kier alpha value is -4.07. The van der Waals surface area contributed by atoms with Crippen LogP contribution in [-0.4, -0.2) is 76.4 Å².